The monoisotopic (exact) mass is 351 g/mol. The van der Waals surface area contributed by atoms with E-state index in [0.717, 1.165) is 12.8 Å². The Bertz CT molecular complexity index is 490. The quantitative estimate of drug-likeness (QED) is 0.708. The van der Waals surface area contributed by atoms with E-state index in [9.17, 15) is 8.42 Å². The van der Waals surface area contributed by atoms with Crippen LogP contribution in [-0.4, -0.2) is 40.2 Å². The number of sulfonamides is 1. The van der Waals surface area contributed by atoms with Gasteiger partial charge in [0.2, 0.25) is 0 Å². The Hall–Kier alpha value is -0.400. The molecule has 0 atom stereocenters. The first-order chi connectivity index (χ1) is 8.88. The molecular weight excluding hydrogens is 330 g/mol. The average Bonchev–Trinajstić information content (AvgIpc) is 2.70. The van der Waals surface area contributed by atoms with Crippen molar-refractivity contribution < 1.29 is 8.42 Å². The molecular formula is C12H22BrN3O2S. The smallest absolute Gasteiger partial charge is 0.262 e. The molecule has 1 heterocycles. The van der Waals surface area contributed by atoms with Crippen LogP contribution in [0.25, 0.3) is 0 Å². The molecule has 0 spiro atoms. The number of alkyl halides is 1. The van der Waals surface area contributed by atoms with Crippen LogP contribution in [0.4, 0.5) is 0 Å². The van der Waals surface area contributed by atoms with Crippen LogP contribution in [0.2, 0.25) is 0 Å². The molecule has 0 bridgehead atoms. The van der Waals surface area contributed by atoms with Crippen molar-refractivity contribution in [1.82, 2.24) is 13.9 Å². The van der Waals surface area contributed by atoms with E-state index in [1.54, 1.807) is 29.0 Å². The van der Waals surface area contributed by atoms with E-state index < -0.39 is 10.0 Å². The van der Waals surface area contributed by atoms with Crippen molar-refractivity contribution in [3.63, 3.8) is 0 Å². The molecule has 0 aliphatic rings. The minimum absolute atomic E-state index is 0.0184. The van der Waals surface area contributed by atoms with Gasteiger partial charge in [0, 0.05) is 31.2 Å². The minimum Gasteiger partial charge on any atom is -0.337 e. The lowest BCUT2D eigenvalue weighted by atomic mass is 10.2. The van der Waals surface area contributed by atoms with Crippen LogP contribution in [0.3, 0.4) is 0 Å². The molecule has 0 unspecified atom stereocenters. The molecule has 0 saturated carbocycles. The summed E-state index contributed by atoms with van der Waals surface area (Å²) in [6, 6.07) is 0.0184. The summed E-state index contributed by atoms with van der Waals surface area (Å²) in [6.07, 6.45) is 3.18. The fraction of sp³-hybridized carbons (Fsp3) is 0.750. The standard InChI is InChI=1S/C12H22BrN3O2S/c1-5-11(6-2)16(8-7-13)19(17,18)12-9-15(4)10(3)14-12/h9,11H,5-8H2,1-4H3. The number of nitrogens with zero attached hydrogens (tertiary/aromatic N) is 3. The fourth-order valence-electron chi connectivity index (χ4n) is 2.05. The molecule has 5 nitrogen and oxygen atoms in total. The van der Waals surface area contributed by atoms with E-state index >= 15 is 0 Å². The third-order valence-electron chi connectivity index (χ3n) is 3.31. The summed E-state index contributed by atoms with van der Waals surface area (Å²) in [6.45, 7) is 6.28. The van der Waals surface area contributed by atoms with Gasteiger partial charge in [-0.15, -0.1) is 0 Å². The van der Waals surface area contributed by atoms with Crippen LogP contribution in [-0.2, 0) is 17.1 Å². The fourth-order valence-corrected chi connectivity index (χ4v) is 4.47. The van der Waals surface area contributed by atoms with Gasteiger partial charge in [-0.25, -0.2) is 13.4 Å². The lowest BCUT2D eigenvalue weighted by molar-refractivity contribution is 0.316. The Morgan fingerprint density at radius 2 is 2.00 bits per heavy atom. The summed E-state index contributed by atoms with van der Waals surface area (Å²) in [7, 11) is -1.72. The third-order valence-corrected chi connectivity index (χ3v) is 5.49. The van der Waals surface area contributed by atoms with Gasteiger partial charge in [0.25, 0.3) is 10.0 Å². The van der Waals surface area contributed by atoms with E-state index in [1.165, 1.54) is 0 Å². The van der Waals surface area contributed by atoms with Gasteiger partial charge >= 0.3 is 0 Å². The molecule has 0 N–H and O–H groups in total. The highest BCUT2D eigenvalue weighted by molar-refractivity contribution is 9.09. The average molecular weight is 352 g/mol. The van der Waals surface area contributed by atoms with E-state index in [-0.39, 0.29) is 11.1 Å². The van der Waals surface area contributed by atoms with Gasteiger partial charge in [-0.2, -0.15) is 4.31 Å². The van der Waals surface area contributed by atoms with Gasteiger partial charge in [-0.1, -0.05) is 29.8 Å². The zero-order chi connectivity index (χ0) is 14.6. The van der Waals surface area contributed by atoms with Gasteiger partial charge < -0.3 is 4.57 Å². The van der Waals surface area contributed by atoms with Gasteiger partial charge in [-0.05, 0) is 19.8 Å². The van der Waals surface area contributed by atoms with Crippen molar-refractivity contribution in [1.29, 1.82) is 0 Å². The van der Waals surface area contributed by atoms with Gasteiger partial charge in [0.05, 0.1) is 0 Å². The van der Waals surface area contributed by atoms with Crippen molar-refractivity contribution >= 4 is 26.0 Å². The Kier molecular flexibility index (Phi) is 6.01. The molecule has 0 radical (unpaired) electrons. The van der Waals surface area contributed by atoms with Gasteiger partial charge in [-0.3, -0.25) is 0 Å². The predicted molar refractivity (Wildman–Crippen MR) is 80.0 cm³/mol. The van der Waals surface area contributed by atoms with Crippen LogP contribution in [0.5, 0.6) is 0 Å². The highest BCUT2D eigenvalue weighted by Crippen LogP contribution is 2.20. The Labute approximate surface area is 124 Å². The van der Waals surface area contributed by atoms with Crippen LogP contribution in [0.15, 0.2) is 11.2 Å². The Balaban J connectivity index is 3.19. The topological polar surface area (TPSA) is 55.2 Å². The maximum atomic E-state index is 12.7. The van der Waals surface area contributed by atoms with Crippen molar-refractivity contribution in [2.75, 3.05) is 11.9 Å². The summed E-state index contributed by atoms with van der Waals surface area (Å²) >= 11 is 3.33. The predicted octanol–water partition coefficient (Wildman–Crippen LogP) is 2.30. The first kappa shape index (κ1) is 16.7. The molecule has 1 aromatic heterocycles. The number of aryl methyl sites for hydroxylation is 2. The molecule has 0 aliphatic heterocycles. The maximum Gasteiger partial charge on any atom is 0.262 e. The SMILES string of the molecule is CCC(CC)N(CCBr)S(=O)(=O)c1cn(C)c(C)n1. The molecule has 1 aromatic rings. The van der Waals surface area contributed by atoms with E-state index in [1.807, 2.05) is 13.8 Å². The molecule has 19 heavy (non-hydrogen) atoms. The summed E-state index contributed by atoms with van der Waals surface area (Å²) in [5.74, 6) is 0.696. The highest BCUT2D eigenvalue weighted by Gasteiger charge is 2.31. The molecule has 110 valence electrons. The van der Waals surface area contributed by atoms with E-state index in [0.29, 0.717) is 17.7 Å². The van der Waals surface area contributed by atoms with Crippen LogP contribution < -0.4 is 0 Å². The molecule has 0 amide bonds. The minimum atomic E-state index is -3.52. The Morgan fingerprint density at radius 1 is 1.42 bits per heavy atom. The van der Waals surface area contributed by atoms with Crippen molar-refractivity contribution in [2.24, 2.45) is 7.05 Å². The first-order valence-electron chi connectivity index (χ1n) is 6.46. The molecule has 7 heteroatoms. The van der Waals surface area contributed by atoms with E-state index in [4.69, 9.17) is 0 Å². The van der Waals surface area contributed by atoms with Crippen LogP contribution >= 0.6 is 15.9 Å². The number of halogens is 1. The van der Waals surface area contributed by atoms with Gasteiger partial charge in [0.15, 0.2) is 5.03 Å². The molecule has 0 aromatic carbocycles. The number of rotatable bonds is 7. The zero-order valence-electron chi connectivity index (χ0n) is 11.9. The van der Waals surface area contributed by atoms with E-state index in [2.05, 4.69) is 20.9 Å². The third kappa shape index (κ3) is 3.58. The lowest BCUT2D eigenvalue weighted by Crippen LogP contribution is -2.41. The lowest BCUT2D eigenvalue weighted by Gasteiger charge is -2.28. The highest BCUT2D eigenvalue weighted by atomic mass is 79.9. The van der Waals surface area contributed by atoms with Gasteiger partial charge in [0.1, 0.15) is 5.82 Å². The number of aromatic nitrogens is 2. The molecule has 0 saturated heterocycles. The van der Waals surface area contributed by atoms with Crippen LogP contribution in [0.1, 0.15) is 32.5 Å². The second-order valence-corrected chi connectivity index (χ2v) is 7.14. The molecule has 0 aliphatic carbocycles. The second kappa shape index (κ2) is 6.85. The van der Waals surface area contributed by atoms with Crippen molar-refractivity contribution in [3.8, 4) is 0 Å². The summed E-state index contributed by atoms with van der Waals surface area (Å²) in [4.78, 5) is 4.15. The number of hydrogen-bond acceptors (Lipinski definition) is 3. The summed E-state index contributed by atoms with van der Waals surface area (Å²) in [5.41, 5.74) is 0. The number of hydrogen-bond donors (Lipinski definition) is 0. The summed E-state index contributed by atoms with van der Waals surface area (Å²) in [5, 5.41) is 0.759. The van der Waals surface area contributed by atoms with Crippen molar-refractivity contribution in [3.05, 3.63) is 12.0 Å². The first-order valence-corrected chi connectivity index (χ1v) is 9.02. The summed E-state index contributed by atoms with van der Waals surface area (Å²) < 4.78 is 28.6. The normalized spacial score (nSPS) is 12.6. The van der Waals surface area contributed by atoms with Crippen LogP contribution in [0, 0.1) is 6.92 Å². The largest absolute Gasteiger partial charge is 0.337 e. The Morgan fingerprint density at radius 3 is 2.37 bits per heavy atom. The molecule has 1 rings (SSSR count). The second-order valence-electron chi connectivity index (χ2n) is 4.51. The number of imidazole rings is 1. The molecule has 0 fully saturated rings. The van der Waals surface area contributed by atoms with Crippen molar-refractivity contribution in [2.45, 2.75) is 44.7 Å². The zero-order valence-corrected chi connectivity index (χ0v) is 14.3. The maximum absolute atomic E-state index is 12.7.